The number of hydrogen-bond donors (Lipinski definition) is 0. The van der Waals surface area contributed by atoms with Crippen LogP contribution in [0, 0.1) is 0 Å². The Hall–Kier alpha value is -0.680. The van der Waals surface area contributed by atoms with Crippen molar-refractivity contribution in [3.63, 3.8) is 0 Å². The Morgan fingerprint density at radius 2 is 2.14 bits per heavy atom. The zero-order valence-corrected chi connectivity index (χ0v) is 8.85. The van der Waals surface area contributed by atoms with E-state index in [4.69, 9.17) is 0 Å². The Morgan fingerprint density at radius 3 is 2.86 bits per heavy atom. The van der Waals surface area contributed by atoms with Crippen LogP contribution in [0.4, 0.5) is 8.78 Å². The number of fused-ring (bicyclic) bond motifs is 1. The molecule has 0 amide bonds. The van der Waals surface area contributed by atoms with Crippen LogP contribution in [-0.4, -0.2) is 6.29 Å². The highest BCUT2D eigenvalue weighted by molar-refractivity contribution is 9.10. The normalized spacial score (nSPS) is 23.9. The maximum Gasteiger partial charge on any atom is 0.535 e. The molecule has 1 aromatic rings. The molecule has 0 aromatic heterocycles. The van der Waals surface area contributed by atoms with Gasteiger partial charge in [-0.25, -0.2) is 0 Å². The summed E-state index contributed by atoms with van der Waals surface area (Å²) in [6.45, 7) is 1.56. The maximum atomic E-state index is 12.8. The van der Waals surface area contributed by atoms with Crippen LogP contribution < -0.4 is 4.74 Å². The van der Waals surface area contributed by atoms with Crippen molar-refractivity contribution in [2.75, 3.05) is 0 Å². The number of hydrogen-bond acceptors (Lipinski definition) is 2. The fourth-order valence-corrected chi connectivity index (χ4v) is 2.09. The number of rotatable bonds is 0. The minimum absolute atomic E-state index is 0.156. The first-order valence-corrected chi connectivity index (χ1v) is 4.82. The fourth-order valence-electron chi connectivity index (χ4n) is 1.42. The Labute approximate surface area is 87.9 Å². The van der Waals surface area contributed by atoms with E-state index in [9.17, 15) is 8.78 Å². The van der Waals surface area contributed by atoms with Crippen LogP contribution in [0.1, 0.15) is 18.6 Å². The van der Waals surface area contributed by atoms with Crippen molar-refractivity contribution < 1.29 is 18.3 Å². The van der Waals surface area contributed by atoms with Crippen LogP contribution in [0.2, 0.25) is 0 Å². The lowest BCUT2D eigenvalue weighted by Gasteiger charge is -2.29. The van der Waals surface area contributed by atoms with E-state index in [0.29, 0.717) is 10.0 Å². The van der Waals surface area contributed by atoms with E-state index in [1.807, 2.05) is 0 Å². The summed E-state index contributed by atoms with van der Waals surface area (Å²) in [7, 11) is 0. The van der Waals surface area contributed by atoms with Crippen molar-refractivity contribution in [3.8, 4) is 5.75 Å². The number of alkyl halides is 2. The first kappa shape index (κ1) is 9.86. The summed E-state index contributed by atoms with van der Waals surface area (Å²) >= 11 is 3.26. The van der Waals surface area contributed by atoms with Crippen molar-refractivity contribution in [2.24, 2.45) is 0 Å². The number of halogens is 3. The number of benzene rings is 1. The third-order valence-corrected chi connectivity index (χ3v) is 2.65. The van der Waals surface area contributed by atoms with Gasteiger partial charge in [0.2, 0.25) is 0 Å². The standard InChI is InChI=1S/C9H7BrF2O2/c1-5-8-6(10)3-2-4-7(8)14-9(11,12)13-5/h2-5H,1H3. The molecule has 0 aliphatic carbocycles. The minimum Gasteiger partial charge on any atom is -0.409 e. The zero-order valence-electron chi connectivity index (χ0n) is 7.26. The highest BCUT2D eigenvalue weighted by Gasteiger charge is 2.42. The van der Waals surface area contributed by atoms with Gasteiger partial charge < -0.3 is 4.74 Å². The molecule has 76 valence electrons. The lowest BCUT2D eigenvalue weighted by Crippen LogP contribution is -2.34. The molecule has 0 spiro atoms. The van der Waals surface area contributed by atoms with Crippen molar-refractivity contribution in [1.29, 1.82) is 0 Å². The summed E-state index contributed by atoms with van der Waals surface area (Å²) in [5, 5.41) is 0. The molecule has 14 heavy (non-hydrogen) atoms. The second kappa shape index (κ2) is 3.17. The van der Waals surface area contributed by atoms with Gasteiger partial charge in [0.1, 0.15) is 5.75 Å². The smallest absolute Gasteiger partial charge is 0.409 e. The van der Waals surface area contributed by atoms with Crippen LogP contribution >= 0.6 is 15.9 Å². The molecule has 1 atom stereocenters. The van der Waals surface area contributed by atoms with Crippen LogP contribution in [-0.2, 0) is 4.74 Å². The SMILES string of the molecule is CC1OC(F)(F)Oc2cccc(Br)c21. The molecule has 1 aromatic carbocycles. The third-order valence-electron chi connectivity index (χ3n) is 1.96. The molecular weight excluding hydrogens is 258 g/mol. The first-order chi connectivity index (χ1) is 6.49. The Kier molecular flexibility index (Phi) is 2.23. The lowest BCUT2D eigenvalue weighted by molar-refractivity contribution is -0.379. The molecular formula is C9H7BrF2O2. The van der Waals surface area contributed by atoms with Gasteiger partial charge in [0.15, 0.2) is 0 Å². The predicted molar refractivity (Wildman–Crippen MR) is 49.2 cm³/mol. The van der Waals surface area contributed by atoms with E-state index in [0.717, 1.165) is 0 Å². The van der Waals surface area contributed by atoms with Crippen molar-refractivity contribution in [2.45, 2.75) is 19.3 Å². The third kappa shape index (κ3) is 1.62. The Balaban J connectivity index is 2.50. The van der Waals surface area contributed by atoms with Crippen LogP contribution in [0.3, 0.4) is 0 Å². The van der Waals surface area contributed by atoms with Gasteiger partial charge in [0.05, 0.1) is 6.10 Å². The van der Waals surface area contributed by atoms with Crippen molar-refractivity contribution >= 4 is 15.9 Å². The molecule has 2 nitrogen and oxygen atoms in total. The Bertz CT molecular complexity index is 368. The monoisotopic (exact) mass is 264 g/mol. The average molecular weight is 265 g/mol. The summed E-state index contributed by atoms with van der Waals surface area (Å²) in [4.78, 5) is 0. The van der Waals surface area contributed by atoms with E-state index in [-0.39, 0.29) is 5.75 Å². The second-order valence-corrected chi connectivity index (χ2v) is 3.83. The van der Waals surface area contributed by atoms with Crippen LogP contribution in [0.5, 0.6) is 5.75 Å². The van der Waals surface area contributed by atoms with Crippen molar-refractivity contribution in [1.82, 2.24) is 0 Å². The van der Waals surface area contributed by atoms with Crippen LogP contribution in [0.25, 0.3) is 0 Å². The van der Waals surface area contributed by atoms with Gasteiger partial charge in [-0.05, 0) is 19.1 Å². The number of ether oxygens (including phenoxy) is 2. The van der Waals surface area contributed by atoms with Gasteiger partial charge in [0.25, 0.3) is 0 Å². The molecule has 1 aliphatic heterocycles. The van der Waals surface area contributed by atoms with Crippen LogP contribution in [0.15, 0.2) is 22.7 Å². The molecule has 2 rings (SSSR count). The summed E-state index contributed by atoms with van der Waals surface area (Å²) in [5.41, 5.74) is 0.610. The van der Waals surface area contributed by atoms with Gasteiger partial charge in [-0.1, -0.05) is 22.0 Å². The molecule has 1 aliphatic rings. The molecule has 0 saturated heterocycles. The summed E-state index contributed by atoms with van der Waals surface area (Å²) < 4.78 is 35.1. The largest absolute Gasteiger partial charge is 0.535 e. The molecule has 0 saturated carbocycles. The first-order valence-electron chi connectivity index (χ1n) is 4.03. The van der Waals surface area contributed by atoms with Gasteiger partial charge in [-0.2, -0.15) is 0 Å². The molecule has 0 fully saturated rings. The minimum atomic E-state index is -3.53. The summed E-state index contributed by atoms with van der Waals surface area (Å²) in [6, 6.07) is 4.88. The Morgan fingerprint density at radius 1 is 1.43 bits per heavy atom. The van der Waals surface area contributed by atoms with E-state index in [1.54, 1.807) is 19.1 Å². The quantitative estimate of drug-likeness (QED) is 0.715. The second-order valence-electron chi connectivity index (χ2n) is 2.98. The van der Waals surface area contributed by atoms with Gasteiger partial charge in [-0.15, -0.1) is 8.78 Å². The van der Waals surface area contributed by atoms with Gasteiger partial charge in [0, 0.05) is 10.0 Å². The van der Waals surface area contributed by atoms with E-state index >= 15 is 0 Å². The van der Waals surface area contributed by atoms with E-state index in [1.165, 1.54) is 6.07 Å². The highest BCUT2D eigenvalue weighted by atomic mass is 79.9. The van der Waals surface area contributed by atoms with Gasteiger partial charge in [-0.3, -0.25) is 4.74 Å². The molecule has 1 unspecified atom stereocenters. The molecule has 0 N–H and O–H groups in total. The topological polar surface area (TPSA) is 18.5 Å². The fraction of sp³-hybridized carbons (Fsp3) is 0.333. The lowest BCUT2D eigenvalue weighted by atomic mass is 10.1. The van der Waals surface area contributed by atoms with Crippen molar-refractivity contribution in [3.05, 3.63) is 28.2 Å². The predicted octanol–water partition coefficient (Wildman–Crippen LogP) is 3.47. The van der Waals surface area contributed by atoms with E-state index in [2.05, 4.69) is 25.4 Å². The highest BCUT2D eigenvalue weighted by Crippen LogP contribution is 2.43. The average Bonchev–Trinajstić information content (AvgIpc) is 2.00. The summed E-state index contributed by atoms with van der Waals surface area (Å²) in [5.74, 6) is 0.156. The molecule has 5 heteroatoms. The molecule has 1 heterocycles. The molecule has 0 radical (unpaired) electrons. The molecule has 0 bridgehead atoms. The van der Waals surface area contributed by atoms with E-state index < -0.39 is 12.4 Å². The summed E-state index contributed by atoms with van der Waals surface area (Å²) in [6.07, 6.45) is -4.22. The maximum absolute atomic E-state index is 12.8. The zero-order chi connectivity index (χ0) is 10.3. The van der Waals surface area contributed by atoms with Gasteiger partial charge >= 0.3 is 6.29 Å².